The summed E-state index contributed by atoms with van der Waals surface area (Å²) in [7, 11) is -4.02. The molecule has 6 heteroatoms. The maximum Gasteiger partial charge on any atom is 0.294 e. The standard InChI is InChI=1S/C15H20N2.C7H8O3S/c1-2-11-3-4-13-10-15(17-14(13)9-11)12-5-7-16-8-6-12;1-6-2-4-7(5-3-6)11(8,9)10/h3-4,9-10,12,16-17H,2,5-8H2,1H3;2-5H,1H3,(H,8,9,10). The van der Waals surface area contributed by atoms with Gasteiger partial charge in [0, 0.05) is 17.1 Å². The number of hydrogen-bond acceptors (Lipinski definition) is 3. The molecule has 0 aliphatic carbocycles. The van der Waals surface area contributed by atoms with Crippen molar-refractivity contribution in [1.29, 1.82) is 0 Å². The Morgan fingerprint density at radius 2 is 1.71 bits per heavy atom. The van der Waals surface area contributed by atoms with Crippen LogP contribution >= 0.6 is 0 Å². The summed E-state index contributed by atoms with van der Waals surface area (Å²) < 4.78 is 29.6. The van der Waals surface area contributed by atoms with Gasteiger partial charge >= 0.3 is 0 Å². The number of benzene rings is 2. The molecule has 0 bridgehead atoms. The molecule has 1 aliphatic rings. The molecule has 1 aromatic heterocycles. The third-order valence-corrected chi connectivity index (χ3v) is 6.08. The van der Waals surface area contributed by atoms with Gasteiger partial charge in [-0.2, -0.15) is 8.42 Å². The lowest BCUT2D eigenvalue weighted by atomic mass is 9.95. The van der Waals surface area contributed by atoms with E-state index in [0.717, 1.165) is 25.1 Å². The van der Waals surface area contributed by atoms with E-state index in [1.807, 2.05) is 6.92 Å². The Kier molecular flexibility index (Phi) is 6.54. The predicted molar refractivity (Wildman–Crippen MR) is 114 cm³/mol. The Hall–Kier alpha value is -2.15. The SMILES string of the molecule is CCc1ccc2cc(C3CCNCC3)[nH]c2c1.Cc1ccc(S(=O)(=O)O)cc1. The molecule has 150 valence electrons. The van der Waals surface area contributed by atoms with E-state index in [4.69, 9.17) is 4.55 Å². The molecule has 0 atom stereocenters. The fourth-order valence-corrected chi connectivity index (χ4v) is 3.96. The summed E-state index contributed by atoms with van der Waals surface area (Å²) in [5.41, 5.74) is 5.10. The first-order valence-corrected chi connectivity index (χ1v) is 11.2. The molecular formula is C22H28N2O3S. The smallest absolute Gasteiger partial charge is 0.294 e. The van der Waals surface area contributed by atoms with Crippen molar-refractivity contribution >= 4 is 21.0 Å². The molecule has 5 nitrogen and oxygen atoms in total. The van der Waals surface area contributed by atoms with Crippen molar-refractivity contribution in [3.05, 3.63) is 65.4 Å². The lowest BCUT2D eigenvalue weighted by Gasteiger charge is -2.21. The van der Waals surface area contributed by atoms with Crippen LogP contribution in [0, 0.1) is 6.92 Å². The lowest BCUT2D eigenvalue weighted by molar-refractivity contribution is 0.455. The van der Waals surface area contributed by atoms with Crippen LogP contribution in [-0.2, 0) is 16.5 Å². The quantitative estimate of drug-likeness (QED) is 0.568. The van der Waals surface area contributed by atoms with Gasteiger partial charge in [-0.05, 0) is 74.5 Å². The van der Waals surface area contributed by atoms with Crippen LogP contribution in [-0.4, -0.2) is 31.0 Å². The Morgan fingerprint density at radius 1 is 1.04 bits per heavy atom. The number of nitrogens with one attached hydrogen (secondary N) is 2. The second-order valence-corrected chi connectivity index (χ2v) is 8.73. The molecule has 0 radical (unpaired) electrons. The van der Waals surface area contributed by atoms with E-state index in [-0.39, 0.29) is 4.90 Å². The van der Waals surface area contributed by atoms with E-state index in [9.17, 15) is 8.42 Å². The highest BCUT2D eigenvalue weighted by Crippen LogP contribution is 2.28. The molecule has 1 fully saturated rings. The maximum atomic E-state index is 10.5. The van der Waals surface area contributed by atoms with Crippen LogP contribution in [0.2, 0.25) is 0 Å². The number of H-pyrrole nitrogens is 1. The van der Waals surface area contributed by atoms with Crippen molar-refractivity contribution in [3.63, 3.8) is 0 Å². The number of hydrogen-bond donors (Lipinski definition) is 3. The Balaban J connectivity index is 0.000000178. The number of aromatic amines is 1. The summed E-state index contributed by atoms with van der Waals surface area (Å²) in [5.74, 6) is 0.716. The molecule has 2 aromatic carbocycles. The third kappa shape index (κ3) is 5.22. The Bertz CT molecular complexity index is 1020. The largest absolute Gasteiger partial charge is 0.358 e. The van der Waals surface area contributed by atoms with Gasteiger partial charge in [-0.3, -0.25) is 4.55 Å². The summed E-state index contributed by atoms with van der Waals surface area (Å²) in [6.07, 6.45) is 3.62. The molecule has 4 rings (SSSR count). The molecule has 1 aliphatic heterocycles. The highest BCUT2D eigenvalue weighted by Gasteiger charge is 2.16. The predicted octanol–water partition coefficient (Wildman–Crippen LogP) is 4.44. The normalized spacial score (nSPS) is 15.2. The zero-order valence-corrected chi connectivity index (χ0v) is 17.2. The second kappa shape index (κ2) is 8.90. The molecule has 2 heterocycles. The monoisotopic (exact) mass is 400 g/mol. The minimum Gasteiger partial charge on any atom is -0.358 e. The third-order valence-electron chi connectivity index (χ3n) is 5.21. The molecule has 3 N–H and O–H groups in total. The van der Waals surface area contributed by atoms with Crippen LogP contribution in [0.5, 0.6) is 0 Å². The molecule has 0 saturated carbocycles. The van der Waals surface area contributed by atoms with Gasteiger partial charge in [0.1, 0.15) is 0 Å². The second-order valence-electron chi connectivity index (χ2n) is 7.31. The first kappa shape index (κ1) is 20.6. The number of aromatic nitrogens is 1. The first-order valence-electron chi connectivity index (χ1n) is 9.73. The first-order chi connectivity index (χ1) is 13.4. The summed E-state index contributed by atoms with van der Waals surface area (Å²) in [6, 6.07) is 15.1. The number of fused-ring (bicyclic) bond motifs is 1. The van der Waals surface area contributed by atoms with Crippen molar-refractivity contribution in [1.82, 2.24) is 10.3 Å². The van der Waals surface area contributed by atoms with Crippen LogP contribution < -0.4 is 5.32 Å². The molecular weight excluding hydrogens is 372 g/mol. The summed E-state index contributed by atoms with van der Waals surface area (Å²) in [5, 5.41) is 4.78. The van der Waals surface area contributed by atoms with E-state index in [1.165, 1.54) is 47.1 Å². The van der Waals surface area contributed by atoms with Gasteiger partial charge in [0.2, 0.25) is 0 Å². The van der Waals surface area contributed by atoms with Crippen LogP contribution in [0.25, 0.3) is 10.9 Å². The van der Waals surface area contributed by atoms with E-state index >= 15 is 0 Å². The molecule has 3 aromatic rings. The maximum absolute atomic E-state index is 10.5. The molecule has 0 spiro atoms. The summed E-state index contributed by atoms with van der Waals surface area (Å²) in [4.78, 5) is 3.55. The Labute approximate surface area is 166 Å². The minimum absolute atomic E-state index is 0.0666. The van der Waals surface area contributed by atoms with Crippen molar-refractivity contribution in [3.8, 4) is 0 Å². The fourth-order valence-electron chi connectivity index (χ4n) is 3.48. The molecule has 28 heavy (non-hydrogen) atoms. The van der Waals surface area contributed by atoms with Gasteiger partial charge < -0.3 is 10.3 Å². The average molecular weight is 401 g/mol. The van der Waals surface area contributed by atoms with Crippen LogP contribution in [0.1, 0.15) is 42.5 Å². The van der Waals surface area contributed by atoms with Crippen molar-refractivity contribution in [2.75, 3.05) is 13.1 Å². The van der Waals surface area contributed by atoms with Crippen molar-refractivity contribution < 1.29 is 13.0 Å². The van der Waals surface area contributed by atoms with Crippen molar-refractivity contribution in [2.24, 2.45) is 0 Å². The van der Waals surface area contributed by atoms with Gasteiger partial charge in [-0.15, -0.1) is 0 Å². The summed E-state index contributed by atoms with van der Waals surface area (Å²) in [6.45, 7) is 6.35. The highest BCUT2D eigenvalue weighted by atomic mass is 32.2. The topological polar surface area (TPSA) is 82.2 Å². The summed E-state index contributed by atoms with van der Waals surface area (Å²) >= 11 is 0. The number of piperidine rings is 1. The van der Waals surface area contributed by atoms with Crippen molar-refractivity contribution in [2.45, 2.75) is 43.9 Å². The van der Waals surface area contributed by atoms with Crippen LogP contribution in [0.15, 0.2) is 53.4 Å². The van der Waals surface area contributed by atoms with Gasteiger partial charge in [0.15, 0.2) is 0 Å². The van der Waals surface area contributed by atoms with Crippen LogP contribution in [0.3, 0.4) is 0 Å². The van der Waals surface area contributed by atoms with Gasteiger partial charge in [0.05, 0.1) is 4.90 Å². The fraction of sp³-hybridized carbons (Fsp3) is 0.364. The van der Waals surface area contributed by atoms with Gasteiger partial charge in [0.25, 0.3) is 10.1 Å². The number of aryl methyl sites for hydroxylation is 2. The highest BCUT2D eigenvalue weighted by molar-refractivity contribution is 7.85. The van der Waals surface area contributed by atoms with E-state index in [0.29, 0.717) is 5.92 Å². The van der Waals surface area contributed by atoms with Crippen LogP contribution in [0.4, 0.5) is 0 Å². The van der Waals surface area contributed by atoms with Gasteiger partial charge in [-0.1, -0.05) is 36.8 Å². The van der Waals surface area contributed by atoms with Gasteiger partial charge in [-0.25, -0.2) is 0 Å². The zero-order valence-electron chi connectivity index (χ0n) is 16.4. The van der Waals surface area contributed by atoms with E-state index in [2.05, 4.69) is 41.5 Å². The average Bonchev–Trinajstić information content (AvgIpc) is 3.12. The van der Waals surface area contributed by atoms with E-state index in [1.54, 1.807) is 12.1 Å². The lowest BCUT2D eigenvalue weighted by Crippen LogP contribution is -2.26. The molecule has 0 amide bonds. The molecule has 0 unspecified atom stereocenters. The number of rotatable bonds is 3. The molecule has 1 saturated heterocycles. The Morgan fingerprint density at radius 3 is 2.32 bits per heavy atom. The van der Waals surface area contributed by atoms with E-state index < -0.39 is 10.1 Å². The zero-order chi connectivity index (χ0) is 20.1. The minimum atomic E-state index is -4.02.